The van der Waals surface area contributed by atoms with Crippen molar-refractivity contribution in [1.82, 2.24) is 9.55 Å². The number of halogens is 4. The van der Waals surface area contributed by atoms with Gasteiger partial charge in [-0.3, -0.25) is 0 Å². The summed E-state index contributed by atoms with van der Waals surface area (Å²) in [6.45, 7) is 7.43. The first kappa shape index (κ1) is 26.3. The van der Waals surface area contributed by atoms with Gasteiger partial charge < -0.3 is 14.0 Å². The van der Waals surface area contributed by atoms with Crippen LogP contribution in [-0.2, 0) is 16.2 Å². The van der Waals surface area contributed by atoms with Crippen LogP contribution in [0.4, 0.5) is 8.78 Å². The molecule has 0 amide bonds. The maximum Gasteiger partial charge on any atom is 0.358 e. The zero-order chi connectivity index (χ0) is 25.0. The Morgan fingerprint density at radius 3 is 2.09 bits per heavy atom. The number of nitrogens with zero attached hydrogens (tertiary/aromatic N) is 2. The molecule has 0 atom stereocenters. The van der Waals surface area contributed by atoms with Crippen molar-refractivity contribution in [2.75, 3.05) is 13.7 Å². The molecule has 0 saturated heterocycles. The molecule has 0 fully saturated rings. The summed E-state index contributed by atoms with van der Waals surface area (Å²) in [5, 5.41) is -0.151. The first-order valence-electron chi connectivity index (χ1n) is 10.6. The third-order valence-electron chi connectivity index (χ3n) is 5.24. The molecule has 0 N–H and O–H groups in total. The number of esters is 1. The zero-order valence-electron chi connectivity index (χ0n) is 19.4. The van der Waals surface area contributed by atoms with E-state index in [9.17, 15) is 13.6 Å². The molecular formula is C24H26Cl2F2N2O3Si. The summed E-state index contributed by atoms with van der Waals surface area (Å²) in [4.78, 5) is 16.8. The summed E-state index contributed by atoms with van der Waals surface area (Å²) < 4.78 is 40.3. The molecule has 182 valence electrons. The van der Waals surface area contributed by atoms with Gasteiger partial charge in [0.2, 0.25) is 0 Å². The highest BCUT2D eigenvalue weighted by molar-refractivity contribution is 6.76. The number of benzene rings is 2. The van der Waals surface area contributed by atoms with Crippen molar-refractivity contribution in [3.63, 3.8) is 0 Å². The molecule has 0 radical (unpaired) electrons. The summed E-state index contributed by atoms with van der Waals surface area (Å²) in [5.74, 6) is -1.99. The lowest BCUT2D eigenvalue weighted by Gasteiger charge is -2.21. The van der Waals surface area contributed by atoms with Crippen LogP contribution in [0.5, 0.6) is 0 Å². The minimum Gasteiger partial charge on any atom is -0.464 e. The molecule has 0 saturated carbocycles. The van der Waals surface area contributed by atoms with Crippen LogP contribution in [0.15, 0.2) is 42.6 Å². The minimum absolute atomic E-state index is 0.0756. The van der Waals surface area contributed by atoms with Crippen molar-refractivity contribution in [2.45, 2.75) is 38.3 Å². The van der Waals surface area contributed by atoms with E-state index in [0.29, 0.717) is 23.6 Å². The normalized spacial score (nSPS) is 11.8. The third-order valence-corrected chi connectivity index (χ3v) is 7.52. The number of hydrogen-bond acceptors (Lipinski definition) is 4. The number of aromatic nitrogens is 2. The Morgan fingerprint density at radius 2 is 1.62 bits per heavy atom. The Hall–Kier alpha value is -2.26. The van der Waals surface area contributed by atoms with E-state index in [2.05, 4.69) is 24.6 Å². The first-order valence-corrected chi connectivity index (χ1v) is 15.1. The Morgan fingerprint density at radius 1 is 1.06 bits per heavy atom. The third kappa shape index (κ3) is 6.44. The standard InChI is InChI=1S/C24H26Cl2F2N2O3Si/c1-32-24(31)21-13-30(14-33-9-10-34(2,3)4)23(29-21)22(15-5-7-19(27)17(25)11-15)16-6-8-20(28)18(26)12-16/h5-8,11-13,22H,9-10,14H2,1-4H3. The van der Waals surface area contributed by atoms with E-state index in [-0.39, 0.29) is 22.5 Å². The number of ether oxygens (including phenoxy) is 2. The lowest BCUT2D eigenvalue weighted by Crippen LogP contribution is -2.22. The van der Waals surface area contributed by atoms with Gasteiger partial charge in [-0.2, -0.15) is 0 Å². The fourth-order valence-electron chi connectivity index (χ4n) is 3.38. The smallest absolute Gasteiger partial charge is 0.358 e. The van der Waals surface area contributed by atoms with Gasteiger partial charge in [0.15, 0.2) is 5.69 Å². The van der Waals surface area contributed by atoms with Gasteiger partial charge in [0.05, 0.1) is 23.1 Å². The highest BCUT2D eigenvalue weighted by atomic mass is 35.5. The molecule has 3 aromatic rings. The minimum atomic E-state index is -1.30. The second-order valence-electron chi connectivity index (χ2n) is 9.07. The fraction of sp³-hybridized carbons (Fsp3) is 0.333. The zero-order valence-corrected chi connectivity index (χ0v) is 21.9. The van der Waals surface area contributed by atoms with Crippen molar-refractivity contribution in [1.29, 1.82) is 0 Å². The number of carbonyl (C=O) groups is 1. The average Bonchev–Trinajstić information content (AvgIpc) is 3.19. The van der Waals surface area contributed by atoms with Crippen molar-refractivity contribution in [2.24, 2.45) is 0 Å². The van der Waals surface area contributed by atoms with Crippen LogP contribution in [0.2, 0.25) is 35.7 Å². The number of imidazole rings is 1. The van der Waals surface area contributed by atoms with Crippen molar-refractivity contribution in [3.8, 4) is 0 Å². The monoisotopic (exact) mass is 526 g/mol. The Bertz CT molecular complexity index is 1130. The predicted octanol–water partition coefficient (Wildman–Crippen LogP) is 6.75. The van der Waals surface area contributed by atoms with Crippen molar-refractivity contribution >= 4 is 37.2 Å². The Labute approximate surface area is 208 Å². The molecule has 34 heavy (non-hydrogen) atoms. The van der Waals surface area contributed by atoms with Crippen LogP contribution in [0.1, 0.15) is 33.4 Å². The topological polar surface area (TPSA) is 53.4 Å². The quantitative estimate of drug-likeness (QED) is 0.176. The number of rotatable bonds is 9. The maximum absolute atomic E-state index is 13.9. The van der Waals surface area contributed by atoms with Crippen LogP contribution >= 0.6 is 23.2 Å². The predicted molar refractivity (Wildman–Crippen MR) is 131 cm³/mol. The number of carbonyl (C=O) groups excluding carboxylic acids is 1. The SMILES string of the molecule is COC(=O)c1cn(COCC[Si](C)(C)C)c(C(c2ccc(F)c(Cl)c2)c2ccc(F)c(Cl)c2)n1. The summed E-state index contributed by atoms with van der Waals surface area (Å²) in [5.41, 5.74) is 1.25. The Balaban J connectivity index is 2.10. The molecule has 5 nitrogen and oxygen atoms in total. The molecule has 1 heterocycles. The van der Waals surface area contributed by atoms with Crippen molar-refractivity contribution < 1.29 is 23.0 Å². The molecule has 0 spiro atoms. The van der Waals surface area contributed by atoms with Crippen molar-refractivity contribution in [3.05, 3.63) is 86.9 Å². The van der Waals surface area contributed by atoms with Gasteiger partial charge in [-0.25, -0.2) is 18.6 Å². The molecule has 2 aromatic carbocycles. The van der Waals surface area contributed by atoms with Crippen LogP contribution in [0.3, 0.4) is 0 Å². The molecule has 0 aliphatic carbocycles. The molecule has 10 heteroatoms. The van der Waals surface area contributed by atoms with Crippen LogP contribution in [-0.4, -0.2) is 37.3 Å². The average molecular weight is 527 g/mol. The molecule has 1 aromatic heterocycles. The molecule has 0 aliphatic rings. The highest BCUT2D eigenvalue weighted by Crippen LogP contribution is 2.35. The second kappa shape index (κ2) is 11.0. The summed E-state index contributed by atoms with van der Waals surface area (Å²) in [7, 11) is -0.0360. The van der Waals surface area contributed by atoms with E-state index in [1.54, 1.807) is 22.9 Å². The highest BCUT2D eigenvalue weighted by Gasteiger charge is 2.27. The van der Waals surface area contributed by atoms with E-state index in [0.717, 1.165) is 6.04 Å². The fourth-order valence-corrected chi connectivity index (χ4v) is 4.52. The van der Waals surface area contributed by atoms with Gasteiger partial charge in [-0.15, -0.1) is 0 Å². The largest absolute Gasteiger partial charge is 0.464 e. The van der Waals surface area contributed by atoms with E-state index < -0.39 is 31.6 Å². The molecular weight excluding hydrogens is 501 g/mol. The summed E-state index contributed by atoms with van der Waals surface area (Å²) >= 11 is 12.1. The van der Waals surface area contributed by atoms with E-state index in [1.165, 1.54) is 31.4 Å². The molecule has 0 unspecified atom stereocenters. The number of methoxy groups -OCH3 is 1. The van der Waals surface area contributed by atoms with E-state index in [4.69, 9.17) is 32.7 Å². The van der Waals surface area contributed by atoms with E-state index >= 15 is 0 Å². The second-order valence-corrected chi connectivity index (χ2v) is 15.5. The van der Waals surface area contributed by atoms with Gasteiger partial charge in [-0.05, 0) is 41.4 Å². The summed E-state index contributed by atoms with van der Waals surface area (Å²) in [6, 6.07) is 9.52. The van der Waals surface area contributed by atoms with Crippen LogP contribution < -0.4 is 0 Å². The lowest BCUT2D eigenvalue weighted by molar-refractivity contribution is 0.0593. The molecule has 3 rings (SSSR count). The molecule has 0 bridgehead atoms. The lowest BCUT2D eigenvalue weighted by atomic mass is 9.90. The van der Waals surface area contributed by atoms with E-state index in [1.807, 2.05) is 0 Å². The van der Waals surface area contributed by atoms with Gasteiger partial charge in [0.1, 0.15) is 24.2 Å². The first-order chi connectivity index (χ1) is 16.0. The van der Waals surface area contributed by atoms with Gasteiger partial charge in [-0.1, -0.05) is 55.0 Å². The van der Waals surface area contributed by atoms with Crippen LogP contribution in [0.25, 0.3) is 0 Å². The van der Waals surface area contributed by atoms with Crippen LogP contribution in [0, 0.1) is 11.6 Å². The maximum atomic E-state index is 13.9. The Kier molecular flexibility index (Phi) is 8.51. The van der Waals surface area contributed by atoms with Gasteiger partial charge in [0.25, 0.3) is 0 Å². The number of hydrogen-bond donors (Lipinski definition) is 0. The van der Waals surface area contributed by atoms with Gasteiger partial charge in [0, 0.05) is 20.9 Å². The van der Waals surface area contributed by atoms with Gasteiger partial charge >= 0.3 is 5.97 Å². The summed E-state index contributed by atoms with van der Waals surface area (Å²) in [6.07, 6.45) is 1.54. The molecule has 0 aliphatic heterocycles.